The molecule has 0 amide bonds. The molecule has 68 valence electrons. The number of nitrogens with one attached hydrogen (secondary N) is 2. The second-order valence-corrected chi connectivity index (χ2v) is 2.84. The molecular formula is C9H11N3O. The Labute approximate surface area is 76.4 Å². The van der Waals surface area contributed by atoms with E-state index < -0.39 is 0 Å². The van der Waals surface area contributed by atoms with Crippen molar-refractivity contribution in [3.05, 3.63) is 22.7 Å². The van der Waals surface area contributed by atoms with Gasteiger partial charge >= 0.3 is 5.69 Å². The van der Waals surface area contributed by atoms with Crippen molar-refractivity contribution in [3.8, 4) is 12.0 Å². The Kier molecular flexibility index (Phi) is 3.09. The van der Waals surface area contributed by atoms with E-state index in [4.69, 9.17) is 0 Å². The Balaban J connectivity index is 2.67. The van der Waals surface area contributed by atoms with E-state index in [-0.39, 0.29) is 5.69 Å². The zero-order valence-electron chi connectivity index (χ0n) is 7.59. The molecule has 1 aromatic heterocycles. The van der Waals surface area contributed by atoms with E-state index in [0.717, 1.165) is 0 Å². The van der Waals surface area contributed by atoms with Gasteiger partial charge in [-0.1, -0.05) is 19.8 Å². The highest BCUT2D eigenvalue weighted by Gasteiger charge is 1.88. The molecule has 0 aliphatic heterocycles. The van der Waals surface area contributed by atoms with Crippen LogP contribution in [0.2, 0.25) is 0 Å². The van der Waals surface area contributed by atoms with Gasteiger partial charge in [0, 0.05) is 18.2 Å². The molecule has 4 heteroatoms. The molecule has 13 heavy (non-hydrogen) atoms. The van der Waals surface area contributed by atoms with Crippen LogP contribution in [0, 0.1) is 17.9 Å². The maximum Gasteiger partial charge on any atom is 0.346 e. The second-order valence-electron chi connectivity index (χ2n) is 2.84. The number of rotatable bonds is 1. The minimum atomic E-state index is -0.378. The largest absolute Gasteiger partial charge is 0.346 e. The van der Waals surface area contributed by atoms with Crippen LogP contribution in [0.5, 0.6) is 0 Å². The highest BCUT2D eigenvalue weighted by molar-refractivity contribution is 5.38. The molecule has 0 aliphatic rings. The molecule has 0 atom stereocenters. The molecule has 0 aliphatic carbocycles. The van der Waals surface area contributed by atoms with E-state index in [0.29, 0.717) is 11.7 Å². The number of anilines is 1. The van der Waals surface area contributed by atoms with Crippen LogP contribution < -0.4 is 11.0 Å². The first kappa shape index (κ1) is 9.33. The number of aromatic amines is 1. The molecule has 0 radical (unpaired) electrons. The van der Waals surface area contributed by atoms with Crippen molar-refractivity contribution < 1.29 is 0 Å². The minimum absolute atomic E-state index is 0.307. The zero-order valence-corrected chi connectivity index (χ0v) is 7.59. The maximum atomic E-state index is 10.7. The average molecular weight is 177 g/mol. The lowest BCUT2D eigenvalue weighted by Gasteiger charge is -1.95. The van der Waals surface area contributed by atoms with E-state index in [1.54, 1.807) is 6.07 Å². The third kappa shape index (κ3) is 3.43. The summed E-state index contributed by atoms with van der Waals surface area (Å²) in [5.41, 5.74) is -0.378. The predicted octanol–water partition coefficient (Wildman–Crippen LogP) is 0.799. The summed E-state index contributed by atoms with van der Waals surface area (Å²) >= 11 is 0. The van der Waals surface area contributed by atoms with E-state index >= 15 is 0 Å². The Hall–Kier alpha value is -1.76. The van der Waals surface area contributed by atoms with E-state index in [1.165, 1.54) is 6.20 Å². The standard InChI is InChI=1S/C9H11N3O/c1-7(2)3-5-10-8-4-6-11-9(13)12-8/h4,6-7H,1-2H3,(H2,10,11,12,13). The monoisotopic (exact) mass is 177 g/mol. The summed E-state index contributed by atoms with van der Waals surface area (Å²) in [5, 5.41) is 2.76. The topological polar surface area (TPSA) is 57.8 Å². The Morgan fingerprint density at radius 1 is 1.62 bits per heavy atom. The van der Waals surface area contributed by atoms with Gasteiger partial charge in [-0.15, -0.1) is 0 Å². The smallest absolute Gasteiger partial charge is 0.301 e. The lowest BCUT2D eigenvalue weighted by molar-refractivity contribution is 0.866. The molecule has 0 aromatic carbocycles. The molecular weight excluding hydrogens is 166 g/mol. The van der Waals surface area contributed by atoms with Gasteiger partial charge in [-0.3, -0.25) is 4.98 Å². The molecule has 1 aromatic rings. The van der Waals surface area contributed by atoms with Gasteiger partial charge in [-0.05, 0) is 6.07 Å². The van der Waals surface area contributed by atoms with Gasteiger partial charge in [-0.2, -0.15) is 0 Å². The number of aromatic nitrogens is 2. The molecule has 1 heterocycles. The van der Waals surface area contributed by atoms with Crippen molar-refractivity contribution in [2.75, 3.05) is 5.32 Å². The predicted molar refractivity (Wildman–Crippen MR) is 51.1 cm³/mol. The summed E-state index contributed by atoms with van der Waals surface area (Å²) in [7, 11) is 0. The SMILES string of the molecule is CC(C)C#CNc1ccnc(=O)[nH]1. The number of nitrogens with zero attached hydrogens (tertiary/aromatic N) is 1. The molecule has 4 nitrogen and oxygen atoms in total. The summed E-state index contributed by atoms with van der Waals surface area (Å²) in [4.78, 5) is 16.7. The van der Waals surface area contributed by atoms with Gasteiger partial charge in [0.05, 0.1) is 0 Å². The van der Waals surface area contributed by atoms with Crippen LogP contribution in [-0.2, 0) is 0 Å². The average Bonchev–Trinajstić information content (AvgIpc) is 2.03. The quantitative estimate of drug-likeness (QED) is 0.492. The lowest BCUT2D eigenvalue weighted by Crippen LogP contribution is -2.10. The number of hydrogen-bond acceptors (Lipinski definition) is 3. The maximum absolute atomic E-state index is 10.7. The highest BCUT2D eigenvalue weighted by Crippen LogP contribution is 1.93. The fourth-order valence-electron chi connectivity index (χ4n) is 0.689. The summed E-state index contributed by atoms with van der Waals surface area (Å²) in [6.07, 6.45) is 1.43. The molecule has 0 saturated carbocycles. The van der Waals surface area contributed by atoms with Gasteiger partial charge in [0.1, 0.15) is 5.82 Å². The first-order valence-corrected chi connectivity index (χ1v) is 4.00. The fraction of sp³-hybridized carbons (Fsp3) is 0.333. The van der Waals surface area contributed by atoms with Gasteiger partial charge in [0.25, 0.3) is 0 Å². The molecule has 0 spiro atoms. The summed E-state index contributed by atoms with van der Waals surface area (Å²) in [6, 6.07) is 4.38. The second kappa shape index (κ2) is 4.31. The Morgan fingerprint density at radius 3 is 3.00 bits per heavy atom. The van der Waals surface area contributed by atoms with Crippen molar-refractivity contribution in [3.63, 3.8) is 0 Å². The van der Waals surface area contributed by atoms with Crippen molar-refractivity contribution in [1.82, 2.24) is 9.97 Å². The zero-order chi connectivity index (χ0) is 9.68. The van der Waals surface area contributed by atoms with Crippen molar-refractivity contribution in [2.45, 2.75) is 13.8 Å². The Bertz CT molecular complexity index is 384. The molecule has 0 bridgehead atoms. The lowest BCUT2D eigenvalue weighted by atomic mass is 10.2. The molecule has 0 saturated heterocycles. The molecule has 1 rings (SSSR count). The van der Waals surface area contributed by atoms with Crippen molar-refractivity contribution >= 4 is 5.82 Å². The molecule has 2 N–H and O–H groups in total. The van der Waals surface area contributed by atoms with Crippen LogP contribution in [0.25, 0.3) is 0 Å². The first-order valence-electron chi connectivity index (χ1n) is 4.00. The first-order chi connectivity index (χ1) is 6.18. The molecule has 0 fully saturated rings. The van der Waals surface area contributed by atoms with Crippen LogP contribution >= 0.6 is 0 Å². The van der Waals surface area contributed by atoms with Crippen LogP contribution in [-0.4, -0.2) is 9.97 Å². The summed E-state index contributed by atoms with van der Waals surface area (Å²) < 4.78 is 0. The normalized spacial score (nSPS) is 9.15. The van der Waals surface area contributed by atoms with Gasteiger partial charge in [-0.25, -0.2) is 9.78 Å². The third-order valence-electron chi connectivity index (χ3n) is 1.23. The number of H-pyrrole nitrogens is 1. The minimum Gasteiger partial charge on any atom is -0.301 e. The van der Waals surface area contributed by atoms with Crippen molar-refractivity contribution in [2.24, 2.45) is 5.92 Å². The van der Waals surface area contributed by atoms with Crippen LogP contribution in [0.1, 0.15) is 13.8 Å². The van der Waals surface area contributed by atoms with Gasteiger partial charge in [0.2, 0.25) is 0 Å². The molecule has 0 unspecified atom stereocenters. The van der Waals surface area contributed by atoms with Crippen molar-refractivity contribution in [1.29, 1.82) is 0 Å². The summed E-state index contributed by atoms with van der Waals surface area (Å²) in [6.45, 7) is 3.98. The van der Waals surface area contributed by atoms with E-state index in [1.807, 2.05) is 13.8 Å². The van der Waals surface area contributed by atoms with E-state index in [9.17, 15) is 4.79 Å². The van der Waals surface area contributed by atoms with Crippen LogP contribution in [0.15, 0.2) is 17.1 Å². The third-order valence-corrected chi connectivity index (χ3v) is 1.23. The van der Waals surface area contributed by atoms with Gasteiger partial charge in [0.15, 0.2) is 0 Å². The van der Waals surface area contributed by atoms with Crippen LogP contribution in [0.4, 0.5) is 5.82 Å². The fourth-order valence-corrected chi connectivity index (χ4v) is 0.689. The summed E-state index contributed by atoms with van der Waals surface area (Å²) in [5.74, 6) is 3.78. The van der Waals surface area contributed by atoms with E-state index in [2.05, 4.69) is 27.2 Å². The Morgan fingerprint density at radius 2 is 2.38 bits per heavy atom. The highest BCUT2D eigenvalue weighted by atomic mass is 16.1. The van der Waals surface area contributed by atoms with Crippen LogP contribution in [0.3, 0.4) is 0 Å². The van der Waals surface area contributed by atoms with Gasteiger partial charge < -0.3 is 5.32 Å². The number of hydrogen-bond donors (Lipinski definition) is 2.